The van der Waals surface area contributed by atoms with E-state index < -0.39 is 51.3 Å². The predicted octanol–water partition coefficient (Wildman–Crippen LogP) is 0.0167. The monoisotopic (exact) mass is 449 g/mol. The standard InChI is InChI=1S/C20H25N4O6S/c1-14-9-10-16(24(15-6-2-3-7-15)19(27)12-18(21)26)17(25)13-23(14)31(29,30)20-8-4-5-11-22(20)28/h4-6,8,11-12,14,16H,2-3,7,9-10,13H2,1H3,(H2,21,26)/t14-,16+/m1/s1. The molecule has 1 aliphatic carbocycles. The zero-order valence-electron chi connectivity index (χ0n) is 17.1. The number of hydrogen-bond donors (Lipinski definition) is 1. The van der Waals surface area contributed by atoms with Gasteiger partial charge in [0.25, 0.3) is 0 Å². The molecule has 1 fully saturated rings. The van der Waals surface area contributed by atoms with E-state index in [1.165, 1.54) is 23.1 Å². The lowest BCUT2D eigenvalue weighted by atomic mass is 10.0. The number of amides is 2. The topological polar surface area (TPSA) is 145 Å². The van der Waals surface area contributed by atoms with Gasteiger partial charge in [0.2, 0.25) is 11.8 Å². The molecule has 2 heterocycles. The van der Waals surface area contributed by atoms with Gasteiger partial charge in [0.1, 0.15) is 6.42 Å². The second kappa shape index (κ2) is 9.15. The first-order chi connectivity index (χ1) is 14.6. The lowest BCUT2D eigenvalue weighted by Gasteiger charge is -2.31. The van der Waals surface area contributed by atoms with Gasteiger partial charge < -0.3 is 15.8 Å². The highest BCUT2D eigenvalue weighted by molar-refractivity contribution is 7.89. The van der Waals surface area contributed by atoms with E-state index in [0.717, 1.165) is 29.8 Å². The van der Waals surface area contributed by atoms with Crippen LogP contribution in [0.3, 0.4) is 0 Å². The van der Waals surface area contributed by atoms with Gasteiger partial charge in [-0.05, 0) is 45.1 Å². The van der Waals surface area contributed by atoms with E-state index in [4.69, 9.17) is 5.73 Å². The minimum absolute atomic E-state index is 0.216. The molecule has 2 atom stereocenters. The Morgan fingerprint density at radius 3 is 2.68 bits per heavy atom. The minimum atomic E-state index is -4.24. The van der Waals surface area contributed by atoms with E-state index in [2.05, 4.69) is 0 Å². The van der Waals surface area contributed by atoms with Crippen LogP contribution in [0.5, 0.6) is 0 Å². The zero-order valence-corrected chi connectivity index (χ0v) is 18.0. The van der Waals surface area contributed by atoms with Crippen LogP contribution in [-0.2, 0) is 24.4 Å². The number of nitrogens with zero attached hydrogens (tertiary/aromatic N) is 3. The number of Topliss-reactive ketones (excluding diaryl/α,β-unsaturated/α-hetero) is 1. The maximum Gasteiger partial charge on any atom is 0.323 e. The Balaban J connectivity index is 1.92. The number of carbonyl (C=O) groups is 3. The van der Waals surface area contributed by atoms with Crippen LogP contribution in [0.25, 0.3) is 0 Å². The molecular weight excluding hydrogens is 424 g/mol. The van der Waals surface area contributed by atoms with E-state index in [0.29, 0.717) is 12.1 Å². The average molecular weight is 450 g/mol. The van der Waals surface area contributed by atoms with E-state index >= 15 is 0 Å². The number of carbonyl (C=O) groups excluding carboxylic acids is 3. The van der Waals surface area contributed by atoms with Crippen molar-refractivity contribution in [3.05, 3.63) is 47.8 Å². The maximum absolute atomic E-state index is 13.2. The van der Waals surface area contributed by atoms with Crippen molar-refractivity contribution < 1.29 is 27.5 Å². The third-order valence-corrected chi connectivity index (χ3v) is 7.49. The Kier molecular flexibility index (Phi) is 6.75. The quantitative estimate of drug-likeness (QED) is 0.368. The summed E-state index contributed by atoms with van der Waals surface area (Å²) in [5.41, 5.74) is 5.77. The Hall–Kier alpha value is -2.79. The molecule has 0 unspecified atom stereocenters. The summed E-state index contributed by atoms with van der Waals surface area (Å²) in [5.74, 6) is -2.10. The summed E-state index contributed by atoms with van der Waals surface area (Å²) in [6.07, 6.45) is 6.28. The van der Waals surface area contributed by atoms with E-state index in [-0.39, 0.29) is 17.6 Å². The van der Waals surface area contributed by atoms with Crippen LogP contribution in [0.15, 0.2) is 41.2 Å². The summed E-state index contributed by atoms with van der Waals surface area (Å²) in [5, 5.41) is 11.6. The van der Waals surface area contributed by atoms with Gasteiger partial charge in [-0.1, -0.05) is 6.08 Å². The molecule has 31 heavy (non-hydrogen) atoms. The summed E-state index contributed by atoms with van der Waals surface area (Å²) in [6.45, 7) is 1.17. The highest BCUT2D eigenvalue weighted by Gasteiger charge is 2.42. The molecule has 1 aromatic heterocycles. The zero-order chi connectivity index (χ0) is 22.8. The molecule has 0 saturated carbocycles. The molecule has 3 rings (SSSR count). The first-order valence-corrected chi connectivity index (χ1v) is 11.5. The summed E-state index contributed by atoms with van der Waals surface area (Å²) in [4.78, 5) is 38.5. The lowest BCUT2D eigenvalue weighted by molar-refractivity contribution is -0.646. The average Bonchev–Trinajstić information content (AvgIpc) is 3.17. The van der Waals surface area contributed by atoms with Crippen molar-refractivity contribution in [2.24, 2.45) is 5.73 Å². The van der Waals surface area contributed by atoms with Crippen molar-refractivity contribution in [1.82, 2.24) is 9.21 Å². The summed E-state index contributed by atoms with van der Waals surface area (Å²) in [6, 6.07) is 2.52. The van der Waals surface area contributed by atoms with Gasteiger partial charge in [-0.2, -0.15) is 9.04 Å². The Morgan fingerprint density at radius 2 is 2.06 bits per heavy atom. The summed E-state index contributed by atoms with van der Waals surface area (Å²) < 4.78 is 27.5. The third-order valence-electron chi connectivity index (χ3n) is 5.54. The highest BCUT2D eigenvalue weighted by Crippen LogP contribution is 2.30. The molecule has 11 heteroatoms. The van der Waals surface area contributed by atoms with Gasteiger partial charge in [-0.15, -0.1) is 0 Å². The van der Waals surface area contributed by atoms with Crippen LogP contribution in [0, 0.1) is 11.6 Å². The van der Waals surface area contributed by atoms with Crippen LogP contribution < -0.4 is 10.5 Å². The predicted molar refractivity (Wildman–Crippen MR) is 109 cm³/mol. The second-order valence-electron chi connectivity index (χ2n) is 7.67. The van der Waals surface area contributed by atoms with Gasteiger partial charge >= 0.3 is 15.0 Å². The molecule has 10 nitrogen and oxygen atoms in total. The summed E-state index contributed by atoms with van der Waals surface area (Å²) >= 11 is 0. The van der Waals surface area contributed by atoms with E-state index in [9.17, 15) is 28.0 Å². The van der Waals surface area contributed by atoms with Gasteiger partial charge in [-0.25, -0.2) is 8.42 Å². The first kappa shape index (κ1) is 22.9. The van der Waals surface area contributed by atoms with Crippen molar-refractivity contribution in [1.29, 1.82) is 0 Å². The molecule has 2 N–H and O–H groups in total. The van der Waals surface area contributed by atoms with Crippen molar-refractivity contribution >= 4 is 27.6 Å². The van der Waals surface area contributed by atoms with Gasteiger partial charge in [0, 0.05) is 23.9 Å². The number of pyridine rings is 1. The fourth-order valence-electron chi connectivity index (χ4n) is 4.01. The van der Waals surface area contributed by atoms with E-state index in [1.807, 2.05) is 6.08 Å². The minimum Gasteiger partial charge on any atom is -0.618 e. The largest absolute Gasteiger partial charge is 0.618 e. The third kappa shape index (κ3) is 4.77. The van der Waals surface area contributed by atoms with Gasteiger partial charge in [0.05, 0.1) is 12.6 Å². The molecule has 167 valence electrons. The SMILES string of the molecule is C[C@@H]1CC[C@H](N(C(=O)[CH]C(N)=O)C2=CCCC2)C(=O)CN1S(=O)(=O)c1cccc[n+]1[O-]. The lowest BCUT2D eigenvalue weighted by Crippen LogP contribution is -2.49. The number of aromatic nitrogens is 1. The van der Waals surface area contributed by atoms with Crippen LogP contribution >= 0.6 is 0 Å². The van der Waals surface area contributed by atoms with E-state index in [1.54, 1.807) is 6.92 Å². The molecule has 0 spiro atoms. The number of nitrogens with two attached hydrogens (primary N) is 1. The second-order valence-corrected chi connectivity index (χ2v) is 9.50. The smallest absolute Gasteiger partial charge is 0.323 e. The molecular formula is C20H25N4O6S. The summed E-state index contributed by atoms with van der Waals surface area (Å²) in [7, 11) is -4.24. The Bertz CT molecular complexity index is 1020. The van der Waals surface area contributed by atoms with Crippen molar-refractivity contribution in [3.63, 3.8) is 0 Å². The Labute approximate surface area is 180 Å². The van der Waals surface area contributed by atoms with Crippen molar-refractivity contribution in [3.8, 4) is 0 Å². The fraction of sp³-hybridized carbons (Fsp3) is 0.450. The van der Waals surface area contributed by atoms with Gasteiger partial charge in [0.15, 0.2) is 12.0 Å². The molecule has 1 aromatic rings. The van der Waals surface area contributed by atoms with Crippen LogP contribution in [0.1, 0.15) is 39.0 Å². The highest BCUT2D eigenvalue weighted by atomic mass is 32.2. The Morgan fingerprint density at radius 1 is 1.32 bits per heavy atom. The van der Waals surface area contributed by atoms with Crippen LogP contribution in [0.2, 0.25) is 0 Å². The maximum atomic E-state index is 13.2. The molecule has 0 bridgehead atoms. The van der Waals surface area contributed by atoms with Crippen LogP contribution in [0.4, 0.5) is 0 Å². The molecule has 0 aromatic carbocycles. The number of ketones is 1. The van der Waals surface area contributed by atoms with Crippen molar-refractivity contribution in [2.75, 3.05) is 6.54 Å². The molecule has 1 radical (unpaired) electrons. The number of primary amides is 1. The van der Waals surface area contributed by atoms with Crippen LogP contribution in [-0.4, -0.2) is 53.8 Å². The molecule has 2 amide bonds. The molecule has 2 aliphatic rings. The normalized spacial score (nSPS) is 22.6. The van der Waals surface area contributed by atoms with Gasteiger partial charge in [-0.3, -0.25) is 14.4 Å². The first-order valence-electron chi connectivity index (χ1n) is 10.0. The fourth-order valence-corrected chi connectivity index (χ4v) is 5.66. The number of allylic oxidation sites excluding steroid dienone is 2. The number of hydrogen-bond acceptors (Lipinski definition) is 6. The molecule has 1 aliphatic heterocycles. The number of sulfonamides is 1. The molecule has 1 saturated heterocycles. The van der Waals surface area contributed by atoms with Crippen molar-refractivity contribution in [2.45, 2.75) is 56.1 Å². The number of rotatable bonds is 6.